The molecule has 1 fully saturated rings. The van der Waals surface area contributed by atoms with Gasteiger partial charge in [0, 0.05) is 13.1 Å². The molecular formula is C11H14FN3O4S. The third-order valence-corrected chi connectivity index (χ3v) is 3.71. The molecule has 7 nitrogen and oxygen atoms in total. The molecule has 0 aromatic heterocycles. The quantitative estimate of drug-likeness (QED) is 0.791. The molecule has 1 aromatic rings. The van der Waals surface area contributed by atoms with E-state index in [1.165, 1.54) is 11.0 Å². The van der Waals surface area contributed by atoms with E-state index in [9.17, 15) is 17.6 Å². The largest absolute Gasteiger partial charge is 0.490 e. The van der Waals surface area contributed by atoms with Crippen molar-refractivity contribution in [1.82, 2.24) is 10.2 Å². The summed E-state index contributed by atoms with van der Waals surface area (Å²) < 4.78 is 41.0. The first-order valence-corrected chi connectivity index (χ1v) is 7.40. The van der Waals surface area contributed by atoms with Gasteiger partial charge in [0.15, 0.2) is 0 Å². The van der Waals surface area contributed by atoms with E-state index in [0.29, 0.717) is 19.6 Å². The Hall–Kier alpha value is -1.87. The third kappa shape index (κ3) is 3.36. The standard InChI is InChI=1S/C11H14FN3O4S/c12-8-1-2-9(10(7-8)20(13,17)18)19-6-5-15-4-3-14-11(15)16/h1-2,7H,3-6H2,(H,14,16)(H2,13,17,18). The molecule has 1 heterocycles. The lowest BCUT2D eigenvalue weighted by Gasteiger charge is -2.15. The Labute approximate surface area is 115 Å². The summed E-state index contributed by atoms with van der Waals surface area (Å²) in [6.07, 6.45) is 0. The van der Waals surface area contributed by atoms with E-state index in [4.69, 9.17) is 9.88 Å². The number of halogens is 1. The molecule has 2 rings (SSSR count). The zero-order valence-electron chi connectivity index (χ0n) is 10.5. The fourth-order valence-electron chi connectivity index (χ4n) is 1.81. The molecule has 0 atom stereocenters. The number of amides is 2. The van der Waals surface area contributed by atoms with Gasteiger partial charge in [0.05, 0.1) is 6.54 Å². The van der Waals surface area contributed by atoms with Crippen LogP contribution in [-0.4, -0.2) is 45.6 Å². The van der Waals surface area contributed by atoms with Gasteiger partial charge in [0.25, 0.3) is 0 Å². The van der Waals surface area contributed by atoms with Crippen LogP contribution in [-0.2, 0) is 10.0 Å². The van der Waals surface area contributed by atoms with Crippen molar-refractivity contribution in [2.24, 2.45) is 5.14 Å². The number of hydrogen-bond donors (Lipinski definition) is 2. The smallest absolute Gasteiger partial charge is 0.317 e. The number of carbonyl (C=O) groups excluding carboxylic acids is 1. The molecule has 0 bridgehead atoms. The molecule has 0 unspecified atom stereocenters. The summed E-state index contributed by atoms with van der Waals surface area (Å²) in [6.45, 7) is 1.51. The Morgan fingerprint density at radius 3 is 2.80 bits per heavy atom. The summed E-state index contributed by atoms with van der Waals surface area (Å²) >= 11 is 0. The normalized spacial score (nSPS) is 15.3. The lowest BCUT2D eigenvalue weighted by atomic mass is 10.3. The number of primary sulfonamides is 1. The first-order chi connectivity index (χ1) is 9.38. The molecule has 1 aromatic carbocycles. The summed E-state index contributed by atoms with van der Waals surface area (Å²) in [5, 5.41) is 7.62. The number of rotatable bonds is 5. The summed E-state index contributed by atoms with van der Waals surface area (Å²) in [7, 11) is -4.07. The van der Waals surface area contributed by atoms with Crippen LogP contribution in [0, 0.1) is 5.82 Å². The van der Waals surface area contributed by atoms with E-state index in [0.717, 1.165) is 12.1 Å². The van der Waals surface area contributed by atoms with Crippen LogP contribution in [0.1, 0.15) is 0 Å². The molecule has 0 aliphatic carbocycles. The van der Waals surface area contributed by atoms with Crippen molar-refractivity contribution in [1.29, 1.82) is 0 Å². The molecule has 3 N–H and O–H groups in total. The highest BCUT2D eigenvalue weighted by Crippen LogP contribution is 2.23. The van der Waals surface area contributed by atoms with E-state index in [2.05, 4.69) is 5.32 Å². The molecule has 110 valence electrons. The molecule has 1 saturated heterocycles. The van der Waals surface area contributed by atoms with Crippen LogP contribution in [0.25, 0.3) is 0 Å². The first-order valence-electron chi connectivity index (χ1n) is 5.86. The SMILES string of the molecule is NS(=O)(=O)c1cc(F)ccc1OCCN1CCNC1=O. The molecule has 0 radical (unpaired) electrons. The highest BCUT2D eigenvalue weighted by molar-refractivity contribution is 7.89. The summed E-state index contributed by atoms with van der Waals surface area (Å²) in [5.41, 5.74) is 0. The van der Waals surface area contributed by atoms with Gasteiger partial charge in [-0.05, 0) is 18.2 Å². The van der Waals surface area contributed by atoms with Gasteiger partial charge in [-0.1, -0.05) is 0 Å². The van der Waals surface area contributed by atoms with Crippen molar-refractivity contribution in [2.45, 2.75) is 4.90 Å². The number of nitrogens with one attached hydrogen (secondary N) is 1. The monoisotopic (exact) mass is 303 g/mol. The van der Waals surface area contributed by atoms with Crippen LogP contribution in [0.2, 0.25) is 0 Å². The lowest BCUT2D eigenvalue weighted by Crippen LogP contribution is -2.32. The van der Waals surface area contributed by atoms with E-state index < -0.39 is 20.7 Å². The van der Waals surface area contributed by atoms with Crippen LogP contribution in [0.5, 0.6) is 5.75 Å². The Morgan fingerprint density at radius 2 is 2.20 bits per heavy atom. The van der Waals surface area contributed by atoms with Crippen LogP contribution >= 0.6 is 0 Å². The lowest BCUT2D eigenvalue weighted by molar-refractivity contribution is 0.201. The summed E-state index contributed by atoms with van der Waals surface area (Å²) in [6, 6.07) is 2.87. The predicted molar refractivity (Wildman–Crippen MR) is 68.2 cm³/mol. The Morgan fingerprint density at radius 1 is 1.45 bits per heavy atom. The van der Waals surface area contributed by atoms with Gasteiger partial charge in [0.1, 0.15) is 23.1 Å². The van der Waals surface area contributed by atoms with Gasteiger partial charge in [-0.3, -0.25) is 0 Å². The highest BCUT2D eigenvalue weighted by atomic mass is 32.2. The van der Waals surface area contributed by atoms with Gasteiger partial charge in [0.2, 0.25) is 10.0 Å². The van der Waals surface area contributed by atoms with Crippen LogP contribution < -0.4 is 15.2 Å². The zero-order chi connectivity index (χ0) is 14.8. The number of ether oxygens (including phenoxy) is 1. The van der Waals surface area contributed by atoms with E-state index >= 15 is 0 Å². The van der Waals surface area contributed by atoms with Gasteiger partial charge in [-0.2, -0.15) is 0 Å². The van der Waals surface area contributed by atoms with Gasteiger partial charge in [-0.15, -0.1) is 0 Å². The molecule has 20 heavy (non-hydrogen) atoms. The van der Waals surface area contributed by atoms with Crippen molar-refractivity contribution in [3.8, 4) is 5.75 Å². The van der Waals surface area contributed by atoms with Crippen LogP contribution in [0.4, 0.5) is 9.18 Å². The fraction of sp³-hybridized carbons (Fsp3) is 0.364. The second kappa shape index (κ2) is 5.63. The molecule has 9 heteroatoms. The molecule has 1 aliphatic rings. The summed E-state index contributed by atoms with van der Waals surface area (Å²) in [5.74, 6) is -0.756. The number of hydrogen-bond acceptors (Lipinski definition) is 4. The van der Waals surface area contributed by atoms with E-state index in [-0.39, 0.29) is 18.4 Å². The minimum atomic E-state index is -4.07. The number of sulfonamides is 1. The minimum Gasteiger partial charge on any atom is -0.490 e. The van der Waals surface area contributed by atoms with E-state index in [1.807, 2.05) is 0 Å². The fourth-order valence-corrected chi connectivity index (χ4v) is 2.50. The molecule has 1 aliphatic heterocycles. The van der Waals surface area contributed by atoms with Crippen molar-refractivity contribution in [3.05, 3.63) is 24.0 Å². The van der Waals surface area contributed by atoms with Crippen molar-refractivity contribution >= 4 is 16.1 Å². The maximum Gasteiger partial charge on any atom is 0.317 e. The molecular weight excluding hydrogens is 289 g/mol. The number of carbonyl (C=O) groups is 1. The molecule has 0 saturated carbocycles. The average Bonchev–Trinajstić information content (AvgIpc) is 2.76. The van der Waals surface area contributed by atoms with Crippen molar-refractivity contribution in [3.63, 3.8) is 0 Å². The third-order valence-electron chi connectivity index (χ3n) is 2.78. The maximum absolute atomic E-state index is 13.1. The predicted octanol–water partition coefficient (Wildman–Crippen LogP) is -0.123. The van der Waals surface area contributed by atoms with Gasteiger partial charge >= 0.3 is 6.03 Å². The van der Waals surface area contributed by atoms with Crippen molar-refractivity contribution < 1.29 is 22.3 Å². The topological polar surface area (TPSA) is 102 Å². The molecule has 2 amide bonds. The van der Waals surface area contributed by atoms with Gasteiger partial charge < -0.3 is 15.0 Å². The zero-order valence-corrected chi connectivity index (χ0v) is 11.3. The van der Waals surface area contributed by atoms with Crippen molar-refractivity contribution in [2.75, 3.05) is 26.2 Å². The second-order valence-corrected chi connectivity index (χ2v) is 5.73. The Balaban J connectivity index is 2.04. The van der Waals surface area contributed by atoms with Gasteiger partial charge in [-0.25, -0.2) is 22.7 Å². The number of nitrogens with two attached hydrogens (primary N) is 1. The Kier molecular flexibility index (Phi) is 4.09. The number of nitrogens with zero attached hydrogens (tertiary/aromatic N) is 1. The van der Waals surface area contributed by atoms with Crippen LogP contribution in [0.15, 0.2) is 23.1 Å². The maximum atomic E-state index is 13.1. The van der Waals surface area contributed by atoms with E-state index in [1.54, 1.807) is 0 Å². The minimum absolute atomic E-state index is 0.0338. The highest BCUT2D eigenvalue weighted by Gasteiger charge is 2.20. The number of benzene rings is 1. The average molecular weight is 303 g/mol. The second-order valence-electron chi connectivity index (χ2n) is 4.20. The number of urea groups is 1. The summed E-state index contributed by atoms with van der Waals surface area (Å²) in [4.78, 5) is 12.4. The first kappa shape index (κ1) is 14.5. The Bertz CT molecular complexity index is 620. The molecule has 0 spiro atoms. The van der Waals surface area contributed by atoms with Crippen LogP contribution in [0.3, 0.4) is 0 Å².